The van der Waals surface area contributed by atoms with Gasteiger partial charge in [-0.25, -0.2) is 4.98 Å². The quantitative estimate of drug-likeness (QED) is 0.706. The number of amides is 1. The van der Waals surface area contributed by atoms with Crippen molar-refractivity contribution >= 4 is 28.8 Å². The van der Waals surface area contributed by atoms with Crippen LogP contribution in [-0.4, -0.2) is 32.2 Å². The number of carbonyl (C=O) groups excluding carboxylic acids is 1. The van der Waals surface area contributed by atoms with E-state index < -0.39 is 0 Å². The molecule has 2 aromatic heterocycles. The lowest BCUT2D eigenvalue weighted by Gasteiger charge is -2.07. The molecule has 1 N–H and O–H groups in total. The Labute approximate surface area is 166 Å². The first-order chi connectivity index (χ1) is 13.2. The van der Waals surface area contributed by atoms with Gasteiger partial charge < -0.3 is 9.88 Å². The Hall–Kier alpha value is -2.25. The van der Waals surface area contributed by atoms with Crippen LogP contribution < -0.4 is 5.32 Å². The zero-order chi connectivity index (χ0) is 18.6. The summed E-state index contributed by atoms with van der Waals surface area (Å²) in [4.78, 5) is 16.8. The predicted molar refractivity (Wildman–Crippen MR) is 106 cm³/mol. The second kappa shape index (κ2) is 8.19. The molecule has 0 bridgehead atoms. The van der Waals surface area contributed by atoms with Crippen LogP contribution in [0.2, 0.25) is 5.02 Å². The van der Waals surface area contributed by atoms with E-state index in [0.717, 1.165) is 41.6 Å². The van der Waals surface area contributed by atoms with Crippen LogP contribution in [-0.2, 0) is 19.4 Å². The van der Waals surface area contributed by atoms with E-state index in [4.69, 9.17) is 11.6 Å². The monoisotopic (exact) mass is 401 g/mol. The maximum Gasteiger partial charge on any atom is 0.270 e. The fourth-order valence-corrected chi connectivity index (χ4v) is 4.23. The summed E-state index contributed by atoms with van der Waals surface area (Å²) in [6, 6.07) is 7.47. The summed E-state index contributed by atoms with van der Waals surface area (Å²) < 4.78 is 2.21. The second-order valence-electron chi connectivity index (χ2n) is 6.55. The van der Waals surface area contributed by atoms with Crippen LogP contribution in [0.25, 0.3) is 10.6 Å². The van der Waals surface area contributed by atoms with Gasteiger partial charge in [-0.05, 0) is 25.0 Å². The summed E-state index contributed by atoms with van der Waals surface area (Å²) in [5.41, 5.74) is 1.34. The molecule has 0 fully saturated rings. The predicted octanol–water partition coefficient (Wildman–Crippen LogP) is 3.75. The van der Waals surface area contributed by atoms with E-state index in [1.165, 1.54) is 24.2 Å². The van der Waals surface area contributed by atoms with Crippen molar-refractivity contribution in [3.8, 4) is 10.6 Å². The number of fused-ring (bicyclic) bond motifs is 1. The molecule has 8 heteroatoms. The van der Waals surface area contributed by atoms with Gasteiger partial charge in [0.2, 0.25) is 0 Å². The SMILES string of the molecule is O=C(NCCc1nnc2n1CCCCC2)c1csc(-c2cccc(Cl)c2)n1. The molecule has 0 saturated heterocycles. The van der Waals surface area contributed by atoms with Gasteiger partial charge in [0.15, 0.2) is 0 Å². The smallest absolute Gasteiger partial charge is 0.270 e. The molecule has 1 aromatic carbocycles. The lowest BCUT2D eigenvalue weighted by atomic mass is 10.2. The minimum absolute atomic E-state index is 0.171. The highest BCUT2D eigenvalue weighted by atomic mass is 35.5. The molecule has 1 amide bonds. The minimum Gasteiger partial charge on any atom is -0.350 e. The molecular formula is C19H20ClN5OS. The molecule has 0 saturated carbocycles. The third-order valence-corrected chi connectivity index (χ3v) is 5.76. The van der Waals surface area contributed by atoms with Crippen LogP contribution in [0, 0.1) is 0 Å². The standard InChI is InChI=1S/C19H20ClN5OS/c20-14-6-4-5-13(11-14)19-22-15(12-27-19)18(26)21-9-8-17-24-23-16-7-2-1-3-10-25(16)17/h4-6,11-12H,1-3,7-10H2,(H,21,26). The van der Waals surface area contributed by atoms with Crippen molar-refractivity contribution in [2.24, 2.45) is 0 Å². The third kappa shape index (κ3) is 4.20. The maximum atomic E-state index is 12.4. The molecule has 0 spiro atoms. The van der Waals surface area contributed by atoms with Gasteiger partial charge in [0.1, 0.15) is 22.4 Å². The summed E-state index contributed by atoms with van der Waals surface area (Å²) in [6.07, 6.45) is 5.23. The molecule has 3 heterocycles. The highest BCUT2D eigenvalue weighted by Crippen LogP contribution is 2.26. The lowest BCUT2D eigenvalue weighted by molar-refractivity contribution is 0.0949. The average Bonchev–Trinajstić information content (AvgIpc) is 3.24. The van der Waals surface area contributed by atoms with Gasteiger partial charge in [-0.1, -0.05) is 30.2 Å². The number of carbonyl (C=O) groups is 1. The molecule has 1 aliphatic heterocycles. The van der Waals surface area contributed by atoms with Gasteiger partial charge in [-0.2, -0.15) is 0 Å². The van der Waals surface area contributed by atoms with Gasteiger partial charge in [0, 0.05) is 41.9 Å². The van der Waals surface area contributed by atoms with Crippen molar-refractivity contribution in [3.63, 3.8) is 0 Å². The maximum absolute atomic E-state index is 12.4. The van der Waals surface area contributed by atoms with Crippen LogP contribution in [0.15, 0.2) is 29.6 Å². The second-order valence-corrected chi connectivity index (χ2v) is 7.84. The first kappa shape index (κ1) is 18.1. The van der Waals surface area contributed by atoms with E-state index in [-0.39, 0.29) is 5.91 Å². The Morgan fingerprint density at radius 2 is 2.19 bits per heavy atom. The van der Waals surface area contributed by atoms with Gasteiger partial charge in [0.05, 0.1) is 0 Å². The van der Waals surface area contributed by atoms with E-state index in [9.17, 15) is 4.79 Å². The van der Waals surface area contributed by atoms with E-state index in [1.807, 2.05) is 24.3 Å². The molecule has 0 unspecified atom stereocenters. The minimum atomic E-state index is -0.171. The Morgan fingerprint density at radius 3 is 3.07 bits per heavy atom. The fraction of sp³-hybridized carbons (Fsp3) is 0.368. The number of nitrogens with zero attached hydrogens (tertiary/aromatic N) is 4. The van der Waals surface area contributed by atoms with Crippen LogP contribution in [0.1, 0.15) is 41.4 Å². The normalized spacial score (nSPS) is 13.8. The number of halogens is 1. The molecule has 3 aromatic rings. The Balaban J connectivity index is 1.36. The summed E-state index contributed by atoms with van der Waals surface area (Å²) in [7, 11) is 0. The van der Waals surface area contributed by atoms with Gasteiger partial charge in [0.25, 0.3) is 5.91 Å². The number of aryl methyl sites for hydroxylation is 1. The number of thiazole rings is 1. The van der Waals surface area contributed by atoms with Crippen molar-refractivity contribution < 1.29 is 4.79 Å². The topological polar surface area (TPSA) is 72.7 Å². The van der Waals surface area contributed by atoms with Crippen molar-refractivity contribution in [1.82, 2.24) is 25.1 Å². The number of hydrogen-bond donors (Lipinski definition) is 1. The molecule has 140 valence electrons. The highest BCUT2D eigenvalue weighted by molar-refractivity contribution is 7.13. The number of nitrogens with one attached hydrogen (secondary N) is 1. The Bertz CT molecular complexity index is 951. The zero-order valence-corrected chi connectivity index (χ0v) is 16.4. The number of aromatic nitrogens is 4. The van der Waals surface area contributed by atoms with Crippen molar-refractivity contribution in [2.75, 3.05) is 6.54 Å². The fourth-order valence-electron chi connectivity index (χ4n) is 3.24. The van der Waals surface area contributed by atoms with Gasteiger partial charge >= 0.3 is 0 Å². The largest absolute Gasteiger partial charge is 0.350 e. The van der Waals surface area contributed by atoms with E-state index in [1.54, 1.807) is 5.38 Å². The molecule has 0 atom stereocenters. The summed E-state index contributed by atoms with van der Waals surface area (Å²) in [5.74, 6) is 1.85. The first-order valence-corrected chi connectivity index (χ1v) is 10.4. The molecule has 1 aliphatic rings. The molecule has 0 aliphatic carbocycles. The van der Waals surface area contributed by atoms with Crippen LogP contribution in [0.4, 0.5) is 0 Å². The Morgan fingerprint density at radius 1 is 1.26 bits per heavy atom. The lowest BCUT2D eigenvalue weighted by Crippen LogP contribution is -2.26. The summed E-state index contributed by atoms with van der Waals surface area (Å²) in [6.45, 7) is 1.49. The zero-order valence-electron chi connectivity index (χ0n) is 14.8. The third-order valence-electron chi connectivity index (χ3n) is 4.63. The Kier molecular flexibility index (Phi) is 5.50. The summed E-state index contributed by atoms with van der Waals surface area (Å²) in [5, 5.41) is 14.7. The molecule has 6 nitrogen and oxygen atoms in total. The molecule has 27 heavy (non-hydrogen) atoms. The van der Waals surface area contributed by atoms with Crippen molar-refractivity contribution in [3.05, 3.63) is 52.0 Å². The van der Waals surface area contributed by atoms with Crippen LogP contribution in [0.5, 0.6) is 0 Å². The number of hydrogen-bond acceptors (Lipinski definition) is 5. The summed E-state index contributed by atoms with van der Waals surface area (Å²) >= 11 is 7.46. The van der Waals surface area contributed by atoms with Gasteiger partial charge in [-0.15, -0.1) is 21.5 Å². The number of benzene rings is 1. The first-order valence-electron chi connectivity index (χ1n) is 9.11. The van der Waals surface area contributed by atoms with Crippen LogP contribution >= 0.6 is 22.9 Å². The highest BCUT2D eigenvalue weighted by Gasteiger charge is 2.16. The van der Waals surface area contributed by atoms with E-state index in [2.05, 4.69) is 25.1 Å². The molecular weight excluding hydrogens is 382 g/mol. The molecule has 0 radical (unpaired) electrons. The van der Waals surface area contributed by atoms with E-state index in [0.29, 0.717) is 23.7 Å². The van der Waals surface area contributed by atoms with E-state index >= 15 is 0 Å². The number of rotatable bonds is 5. The van der Waals surface area contributed by atoms with Gasteiger partial charge in [-0.3, -0.25) is 4.79 Å². The molecule has 4 rings (SSSR count). The average molecular weight is 402 g/mol. The van der Waals surface area contributed by atoms with Crippen molar-refractivity contribution in [2.45, 2.75) is 38.6 Å². The van der Waals surface area contributed by atoms with Crippen molar-refractivity contribution in [1.29, 1.82) is 0 Å². The van der Waals surface area contributed by atoms with Crippen LogP contribution in [0.3, 0.4) is 0 Å².